The van der Waals surface area contributed by atoms with Crippen LogP contribution in [0.5, 0.6) is 0 Å². The van der Waals surface area contributed by atoms with E-state index in [0.29, 0.717) is 0 Å². The first kappa shape index (κ1) is 24.1. The van der Waals surface area contributed by atoms with E-state index in [2.05, 4.69) is 63.4 Å². The minimum absolute atomic E-state index is 0. The summed E-state index contributed by atoms with van der Waals surface area (Å²) in [6.45, 7) is 8.78. The van der Waals surface area contributed by atoms with Crippen molar-refractivity contribution >= 4 is 5.49 Å². The summed E-state index contributed by atoms with van der Waals surface area (Å²) >= 11 is 1.45. The van der Waals surface area contributed by atoms with Crippen LogP contribution in [0, 0.1) is 12.2 Å². The Balaban J connectivity index is -0.000000182. The SMILES string of the molecule is CC1=[C-]CC=C1.CC1=[C-]CC=C1.C[Si](C)=[Hf+2].[Br-].[Br-]. The Labute approximate surface area is 148 Å². The van der Waals surface area contributed by atoms with E-state index in [9.17, 15) is 0 Å². The van der Waals surface area contributed by atoms with Crippen LogP contribution in [0.15, 0.2) is 35.5 Å². The van der Waals surface area contributed by atoms with Crippen molar-refractivity contribution in [1.29, 1.82) is 0 Å². The molecule has 100 valence electrons. The van der Waals surface area contributed by atoms with Crippen molar-refractivity contribution in [2.75, 3.05) is 0 Å². The Kier molecular flexibility index (Phi) is 21.5. The van der Waals surface area contributed by atoms with Crippen molar-refractivity contribution in [3.8, 4) is 0 Å². The average molecular weight is 555 g/mol. The first-order valence-corrected chi connectivity index (χ1v) is 13.4. The summed E-state index contributed by atoms with van der Waals surface area (Å²) in [5, 5.41) is 0. The first-order chi connectivity index (χ1) is 7.52. The van der Waals surface area contributed by atoms with E-state index in [1.165, 1.54) is 34.1 Å². The van der Waals surface area contributed by atoms with E-state index in [0.717, 1.165) is 12.8 Å². The zero-order valence-corrected chi connectivity index (χ0v) is 19.2. The fourth-order valence-electron chi connectivity index (χ4n) is 1.03. The van der Waals surface area contributed by atoms with Gasteiger partial charge in [0, 0.05) is 0 Å². The minimum Gasteiger partial charge on any atom is -1.00 e. The van der Waals surface area contributed by atoms with Gasteiger partial charge in [0.2, 0.25) is 0 Å². The van der Waals surface area contributed by atoms with Gasteiger partial charge in [-0.3, -0.25) is 12.2 Å². The van der Waals surface area contributed by atoms with E-state index in [-0.39, 0.29) is 39.5 Å². The van der Waals surface area contributed by atoms with Gasteiger partial charge in [-0.25, -0.2) is 23.3 Å². The van der Waals surface area contributed by atoms with Gasteiger partial charge in [0.1, 0.15) is 0 Å². The van der Waals surface area contributed by atoms with Gasteiger partial charge in [0.15, 0.2) is 0 Å². The summed E-state index contributed by atoms with van der Waals surface area (Å²) < 4.78 is 0. The first-order valence-electron chi connectivity index (χ1n) is 5.52. The van der Waals surface area contributed by atoms with Crippen LogP contribution in [0.25, 0.3) is 0 Å². The largest absolute Gasteiger partial charge is 1.00 e. The molecule has 0 amide bonds. The van der Waals surface area contributed by atoms with E-state index in [1.807, 2.05) is 0 Å². The van der Waals surface area contributed by atoms with Crippen LogP contribution in [0.4, 0.5) is 0 Å². The molecule has 0 fully saturated rings. The fraction of sp³-hybridized carbons (Fsp3) is 0.429. The van der Waals surface area contributed by atoms with Gasteiger partial charge < -0.3 is 34.0 Å². The van der Waals surface area contributed by atoms with Crippen molar-refractivity contribution in [3.63, 3.8) is 0 Å². The third kappa shape index (κ3) is 19.3. The summed E-state index contributed by atoms with van der Waals surface area (Å²) in [4.78, 5) is 0. The standard InChI is InChI=1S/2C6H7.C2H6Si.2BrH.Hf/c2*1-6-4-2-3-5-6;1-3-2;;;/h2*2,4H,3H2,1H3;1-2H3;2*1H;/q2*-1;;;;+2/p-2. The Hall–Kier alpha value is 1.01. The summed E-state index contributed by atoms with van der Waals surface area (Å²) in [7, 11) is 0. The molecule has 0 N–H and O–H groups in total. The maximum atomic E-state index is 3.12. The van der Waals surface area contributed by atoms with Gasteiger partial charge in [-0.1, -0.05) is 13.8 Å². The summed E-state index contributed by atoms with van der Waals surface area (Å²) in [5.74, 6) is 0. The second kappa shape index (κ2) is 16.1. The molecular weight excluding hydrogens is 535 g/mol. The topological polar surface area (TPSA) is 0 Å². The van der Waals surface area contributed by atoms with E-state index < -0.39 is 0 Å². The molecule has 0 aromatic carbocycles. The zero-order valence-electron chi connectivity index (χ0n) is 11.5. The molecule has 0 saturated carbocycles. The molecule has 0 aliphatic heterocycles. The Morgan fingerprint density at radius 3 is 1.28 bits per heavy atom. The number of hydrogen-bond acceptors (Lipinski definition) is 0. The Bertz CT molecular complexity index is 304. The van der Waals surface area contributed by atoms with Crippen molar-refractivity contribution in [2.24, 2.45) is 0 Å². The third-order valence-corrected chi connectivity index (χ3v) is 1.73. The van der Waals surface area contributed by atoms with Crippen LogP contribution < -0.4 is 34.0 Å². The molecule has 0 nitrogen and oxygen atoms in total. The maximum Gasteiger partial charge on any atom is -1.00 e. The van der Waals surface area contributed by atoms with Gasteiger partial charge >= 0.3 is 41.6 Å². The van der Waals surface area contributed by atoms with Crippen LogP contribution in [0.2, 0.25) is 13.1 Å². The smallest absolute Gasteiger partial charge is 1.00 e. The van der Waals surface area contributed by atoms with Crippen LogP contribution in [-0.2, 0) is 23.0 Å². The molecule has 0 spiro atoms. The molecule has 0 atom stereocenters. The van der Waals surface area contributed by atoms with E-state index >= 15 is 0 Å². The van der Waals surface area contributed by atoms with Gasteiger partial charge in [-0.2, -0.15) is 12.2 Å². The van der Waals surface area contributed by atoms with Crippen LogP contribution in [0.1, 0.15) is 26.7 Å². The number of hydrogen-bond donors (Lipinski definition) is 0. The van der Waals surface area contributed by atoms with Crippen molar-refractivity contribution in [3.05, 3.63) is 47.6 Å². The van der Waals surface area contributed by atoms with Gasteiger partial charge in [0.05, 0.1) is 0 Å². The van der Waals surface area contributed by atoms with E-state index in [1.54, 1.807) is 0 Å². The van der Waals surface area contributed by atoms with Crippen molar-refractivity contribution in [1.82, 2.24) is 0 Å². The average Bonchev–Trinajstić information content (AvgIpc) is 2.78. The second-order valence-electron chi connectivity index (χ2n) is 3.93. The molecule has 2 aliphatic carbocycles. The number of allylic oxidation sites excluding steroid dienone is 8. The van der Waals surface area contributed by atoms with Gasteiger partial charge in [0.25, 0.3) is 0 Å². The summed E-state index contributed by atoms with van der Waals surface area (Å²) in [6.07, 6.45) is 16.7. The molecule has 0 aromatic heterocycles. The molecule has 2 aliphatic rings. The molecule has 0 bridgehead atoms. The van der Waals surface area contributed by atoms with Crippen LogP contribution in [0.3, 0.4) is 0 Å². The van der Waals surface area contributed by atoms with Crippen molar-refractivity contribution < 1.29 is 57.0 Å². The molecule has 0 unspecified atom stereocenters. The predicted octanol–water partition coefficient (Wildman–Crippen LogP) is -1.82. The molecule has 18 heavy (non-hydrogen) atoms. The molecule has 0 radical (unpaired) electrons. The Morgan fingerprint density at radius 2 is 1.22 bits per heavy atom. The Morgan fingerprint density at radius 1 is 0.944 bits per heavy atom. The molecule has 4 heteroatoms. The molecule has 0 heterocycles. The van der Waals surface area contributed by atoms with Crippen LogP contribution >= 0.6 is 0 Å². The molecule has 0 saturated heterocycles. The number of rotatable bonds is 0. The van der Waals surface area contributed by atoms with E-state index in [4.69, 9.17) is 0 Å². The third-order valence-electron chi connectivity index (χ3n) is 1.73. The quantitative estimate of drug-likeness (QED) is 0.245. The summed E-state index contributed by atoms with van der Waals surface area (Å²) in [5.41, 5.74) is 2.81. The van der Waals surface area contributed by atoms with Crippen LogP contribution in [-0.4, -0.2) is 5.49 Å². The maximum absolute atomic E-state index is 3.12. The normalized spacial score (nSPS) is 13.9. The van der Waals surface area contributed by atoms with Crippen molar-refractivity contribution in [2.45, 2.75) is 39.8 Å². The fourth-order valence-corrected chi connectivity index (χ4v) is 1.03. The number of halogens is 2. The predicted molar refractivity (Wildman–Crippen MR) is 69.9 cm³/mol. The molecule has 0 aromatic rings. The second-order valence-corrected chi connectivity index (χ2v) is 16.7. The molecule has 2 rings (SSSR count). The minimum atomic E-state index is 0. The summed E-state index contributed by atoms with van der Waals surface area (Å²) in [6, 6.07) is 0. The molecular formula is C14H20Br2HfSi-2. The van der Waals surface area contributed by atoms with Gasteiger partial charge in [-0.15, -0.1) is 12.8 Å². The van der Waals surface area contributed by atoms with Gasteiger partial charge in [-0.05, 0) is 0 Å². The zero-order chi connectivity index (χ0) is 12.4. The monoisotopic (exact) mass is 554 g/mol.